The van der Waals surface area contributed by atoms with Gasteiger partial charge in [0.2, 0.25) is 0 Å². The van der Waals surface area contributed by atoms with Gasteiger partial charge in [0.05, 0.1) is 6.54 Å². The summed E-state index contributed by atoms with van der Waals surface area (Å²) in [5.74, 6) is 0. The highest BCUT2D eigenvalue weighted by Gasteiger charge is 2.25. The van der Waals surface area contributed by atoms with Gasteiger partial charge in [0.25, 0.3) is 0 Å². The number of amides is 2. The van der Waals surface area contributed by atoms with E-state index in [0.717, 1.165) is 16.1 Å². The van der Waals surface area contributed by atoms with Gasteiger partial charge in [-0.05, 0) is 38.0 Å². The van der Waals surface area contributed by atoms with Crippen molar-refractivity contribution in [3.8, 4) is 5.69 Å². The smallest absolute Gasteiger partial charge is 0.320 e. The van der Waals surface area contributed by atoms with Crippen molar-refractivity contribution in [3.63, 3.8) is 0 Å². The molecule has 1 saturated heterocycles. The molecule has 1 fully saturated rings. The molecule has 6 heteroatoms. The number of hydrogen-bond donors (Lipinski definition) is 0. The molecule has 3 rings (SSSR count). The van der Waals surface area contributed by atoms with E-state index in [-0.39, 0.29) is 12.6 Å². The third-order valence-corrected chi connectivity index (χ3v) is 4.54. The summed E-state index contributed by atoms with van der Waals surface area (Å²) in [6, 6.07) is 7.67. The van der Waals surface area contributed by atoms with Gasteiger partial charge in [0.1, 0.15) is 6.17 Å². The predicted octanol–water partition coefficient (Wildman–Crippen LogP) is 3.22. The number of alkyl halides is 1. The maximum Gasteiger partial charge on any atom is 0.346 e. The maximum atomic E-state index is 13.2. The van der Waals surface area contributed by atoms with Crippen LogP contribution in [0.1, 0.15) is 16.9 Å². The van der Waals surface area contributed by atoms with Crippen molar-refractivity contribution in [2.24, 2.45) is 4.99 Å². The van der Waals surface area contributed by atoms with Crippen LogP contribution in [-0.2, 0) is 0 Å². The quantitative estimate of drug-likeness (QED) is 0.795. The highest BCUT2D eigenvalue weighted by Crippen LogP contribution is 2.14. The lowest BCUT2D eigenvalue weighted by Crippen LogP contribution is -2.28. The Bertz CT molecular complexity index is 765. The molecule has 0 radical (unpaired) electrons. The summed E-state index contributed by atoms with van der Waals surface area (Å²) in [4.78, 5) is 19.6. The van der Waals surface area contributed by atoms with E-state index in [4.69, 9.17) is 0 Å². The van der Waals surface area contributed by atoms with Crippen LogP contribution >= 0.6 is 11.3 Å². The Morgan fingerprint density at radius 2 is 2.23 bits per heavy atom. The number of nitrogens with zero attached hydrogens (tertiary/aromatic N) is 3. The van der Waals surface area contributed by atoms with Crippen molar-refractivity contribution >= 4 is 17.4 Å². The van der Waals surface area contributed by atoms with E-state index in [1.54, 1.807) is 0 Å². The first-order valence-corrected chi connectivity index (χ1v) is 8.08. The highest BCUT2D eigenvalue weighted by atomic mass is 32.1. The average molecular weight is 319 g/mol. The van der Waals surface area contributed by atoms with Gasteiger partial charge < -0.3 is 4.90 Å². The van der Waals surface area contributed by atoms with E-state index in [1.165, 1.54) is 16.2 Å². The number of likely N-dealkylation sites (tertiary alicyclic amines) is 1. The number of hydrogen-bond acceptors (Lipinski definition) is 2. The third kappa shape index (κ3) is 3.11. The number of aromatic nitrogens is 1. The van der Waals surface area contributed by atoms with Gasteiger partial charge in [0, 0.05) is 23.3 Å². The number of urea groups is 1. The molecule has 2 amide bonds. The fourth-order valence-corrected chi connectivity index (χ4v) is 3.37. The molecule has 0 bridgehead atoms. The fourth-order valence-electron chi connectivity index (χ4n) is 2.54. The number of thiazole rings is 1. The Balaban J connectivity index is 1.97. The molecule has 4 nitrogen and oxygen atoms in total. The Morgan fingerprint density at radius 3 is 2.91 bits per heavy atom. The third-order valence-electron chi connectivity index (χ3n) is 3.64. The molecule has 2 heterocycles. The number of rotatable bonds is 1. The minimum absolute atomic E-state index is 0.150. The molecule has 1 aliphatic rings. The minimum atomic E-state index is -0.923. The number of carbonyl (C=O) groups is 1. The van der Waals surface area contributed by atoms with Crippen molar-refractivity contribution in [1.82, 2.24) is 9.47 Å². The number of aryl methyl sites for hydroxylation is 2. The van der Waals surface area contributed by atoms with Crippen molar-refractivity contribution < 1.29 is 9.18 Å². The van der Waals surface area contributed by atoms with Crippen molar-refractivity contribution in [3.05, 3.63) is 45.7 Å². The highest BCUT2D eigenvalue weighted by molar-refractivity contribution is 7.09. The lowest BCUT2D eigenvalue weighted by atomic mass is 10.2. The second-order valence-electron chi connectivity index (χ2n) is 5.56. The lowest BCUT2D eigenvalue weighted by molar-refractivity contribution is 0.213. The van der Waals surface area contributed by atoms with Gasteiger partial charge in [-0.2, -0.15) is 4.99 Å². The van der Waals surface area contributed by atoms with Crippen LogP contribution in [0.25, 0.3) is 5.69 Å². The van der Waals surface area contributed by atoms with Crippen molar-refractivity contribution in [1.29, 1.82) is 0 Å². The van der Waals surface area contributed by atoms with Crippen LogP contribution in [0.4, 0.5) is 9.18 Å². The maximum absolute atomic E-state index is 13.2. The second-order valence-corrected chi connectivity index (χ2v) is 6.77. The Labute approximate surface area is 132 Å². The largest absolute Gasteiger partial charge is 0.346 e. The van der Waals surface area contributed by atoms with Gasteiger partial charge in [-0.1, -0.05) is 12.1 Å². The Kier molecular flexibility index (Phi) is 4.11. The van der Waals surface area contributed by atoms with Crippen LogP contribution in [0.3, 0.4) is 0 Å². The first-order chi connectivity index (χ1) is 10.5. The molecule has 22 heavy (non-hydrogen) atoms. The Hall–Kier alpha value is -1.95. The monoisotopic (exact) mass is 319 g/mol. The van der Waals surface area contributed by atoms with Crippen LogP contribution in [0.15, 0.2) is 35.5 Å². The molecule has 0 N–H and O–H groups in total. The van der Waals surface area contributed by atoms with Crippen LogP contribution < -0.4 is 4.80 Å². The summed E-state index contributed by atoms with van der Waals surface area (Å²) in [6.45, 7) is 4.60. The van der Waals surface area contributed by atoms with E-state index in [0.29, 0.717) is 17.8 Å². The van der Waals surface area contributed by atoms with Gasteiger partial charge in [-0.3, -0.25) is 4.57 Å². The average Bonchev–Trinajstić information content (AvgIpc) is 3.05. The normalized spacial score (nSPS) is 19.0. The molecule has 0 spiro atoms. The van der Waals surface area contributed by atoms with Crippen LogP contribution in [-0.4, -0.2) is 34.8 Å². The van der Waals surface area contributed by atoms with E-state index in [1.807, 2.05) is 48.9 Å². The van der Waals surface area contributed by atoms with Crippen molar-refractivity contribution in [2.75, 3.05) is 13.1 Å². The topological polar surface area (TPSA) is 37.6 Å². The molecular formula is C16H18FN3OS. The molecule has 1 aliphatic heterocycles. The molecular weight excluding hydrogens is 301 g/mol. The van der Waals surface area contributed by atoms with Crippen LogP contribution in [0.5, 0.6) is 0 Å². The van der Waals surface area contributed by atoms with Gasteiger partial charge in [-0.25, -0.2) is 9.18 Å². The van der Waals surface area contributed by atoms with Crippen LogP contribution in [0, 0.1) is 13.8 Å². The number of halogens is 1. The van der Waals surface area contributed by atoms with E-state index in [2.05, 4.69) is 4.99 Å². The zero-order valence-electron chi connectivity index (χ0n) is 12.6. The van der Waals surface area contributed by atoms with Gasteiger partial charge >= 0.3 is 6.03 Å². The summed E-state index contributed by atoms with van der Waals surface area (Å²) in [5, 5.41) is 0. The van der Waals surface area contributed by atoms with E-state index in [9.17, 15) is 9.18 Å². The molecule has 1 aromatic heterocycles. The van der Waals surface area contributed by atoms with Crippen LogP contribution in [0.2, 0.25) is 0 Å². The molecule has 116 valence electrons. The summed E-state index contributed by atoms with van der Waals surface area (Å²) >= 11 is 1.46. The van der Waals surface area contributed by atoms with E-state index < -0.39 is 6.17 Å². The number of carbonyl (C=O) groups excluding carboxylic acids is 1. The molecule has 1 atom stereocenters. The molecule has 1 aromatic carbocycles. The summed E-state index contributed by atoms with van der Waals surface area (Å²) in [5.41, 5.74) is 2.12. The Morgan fingerprint density at radius 1 is 1.41 bits per heavy atom. The first-order valence-electron chi connectivity index (χ1n) is 7.27. The summed E-state index contributed by atoms with van der Waals surface area (Å²) < 4.78 is 15.1. The molecule has 2 aromatic rings. The van der Waals surface area contributed by atoms with Gasteiger partial charge in [0.15, 0.2) is 4.80 Å². The van der Waals surface area contributed by atoms with Crippen molar-refractivity contribution in [2.45, 2.75) is 26.4 Å². The molecule has 0 unspecified atom stereocenters. The second kappa shape index (κ2) is 6.04. The SMILES string of the molecule is Cc1cccc(-n2cc(C)s/c2=N\C(=O)N2CC[C@@H](F)C2)c1. The van der Waals surface area contributed by atoms with Gasteiger partial charge in [-0.15, -0.1) is 11.3 Å². The zero-order chi connectivity index (χ0) is 15.7. The standard InChI is InChI=1S/C16H18FN3OS/c1-11-4-3-5-14(8-11)20-9-12(2)22-16(20)18-15(21)19-7-6-13(17)10-19/h3-5,8-9,13H,6-7,10H2,1-2H3/b18-16-/t13-/m1/s1. The fraction of sp³-hybridized carbons (Fsp3) is 0.375. The predicted molar refractivity (Wildman–Crippen MR) is 85.2 cm³/mol. The first kappa shape index (κ1) is 15.0. The minimum Gasteiger partial charge on any atom is -0.320 e. The molecule has 0 aliphatic carbocycles. The lowest BCUT2D eigenvalue weighted by Gasteiger charge is -2.11. The summed E-state index contributed by atoms with van der Waals surface area (Å²) in [6.07, 6.45) is 1.45. The number of benzene rings is 1. The molecule has 0 saturated carbocycles. The van der Waals surface area contributed by atoms with E-state index >= 15 is 0 Å². The zero-order valence-corrected chi connectivity index (χ0v) is 13.4. The summed E-state index contributed by atoms with van der Waals surface area (Å²) in [7, 11) is 0.